The number of benzene rings is 1. The van der Waals surface area contributed by atoms with Crippen molar-refractivity contribution in [3.8, 4) is 5.75 Å². The first-order valence-electron chi connectivity index (χ1n) is 9.47. The predicted octanol–water partition coefficient (Wildman–Crippen LogP) is 1.48. The van der Waals surface area contributed by atoms with Gasteiger partial charge in [-0.25, -0.2) is 0 Å². The van der Waals surface area contributed by atoms with Gasteiger partial charge in [0.1, 0.15) is 12.3 Å². The molecule has 2 amide bonds. The lowest BCUT2D eigenvalue weighted by atomic mass is 10.1. The van der Waals surface area contributed by atoms with Gasteiger partial charge in [-0.1, -0.05) is 12.1 Å². The quantitative estimate of drug-likeness (QED) is 0.561. The van der Waals surface area contributed by atoms with Gasteiger partial charge in [-0.05, 0) is 26.0 Å². The van der Waals surface area contributed by atoms with Crippen LogP contribution in [-0.4, -0.2) is 69.2 Å². The fraction of sp³-hybridized carbons (Fsp3) is 0.550. The topological polar surface area (TPSA) is 85.4 Å². The maximum atomic E-state index is 13.0. The van der Waals surface area contributed by atoms with Crippen LogP contribution in [0.5, 0.6) is 5.75 Å². The van der Waals surface area contributed by atoms with E-state index in [1.165, 1.54) is 12.0 Å². The molecular weight excluding hydrogens is 364 g/mol. The number of ether oxygens (including phenoxy) is 3. The van der Waals surface area contributed by atoms with E-state index < -0.39 is 11.9 Å². The smallest absolute Gasteiger partial charge is 0.325 e. The van der Waals surface area contributed by atoms with Crippen molar-refractivity contribution in [1.29, 1.82) is 0 Å². The van der Waals surface area contributed by atoms with Crippen LogP contribution in [0.15, 0.2) is 24.3 Å². The molecule has 2 rings (SSSR count). The zero-order valence-corrected chi connectivity index (χ0v) is 16.7. The first-order chi connectivity index (χ1) is 13.5. The molecular formula is C20H28N2O6. The third-order valence-corrected chi connectivity index (χ3v) is 4.43. The molecule has 1 unspecified atom stereocenters. The van der Waals surface area contributed by atoms with E-state index in [0.29, 0.717) is 24.7 Å². The van der Waals surface area contributed by atoms with Crippen LogP contribution in [0.2, 0.25) is 0 Å². The minimum Gasteiger partial charge on any atom is -0.492 e. The molecule has 8 heteroatoms. The van der Waals surface area contributed by atoms with Crippen LogP contribution in [0.25, 0.3) is 0 Å². The second-order valence-corrected chi connectivity index (χ2v) is 6.36. The standard InChI is InChI=1S/C20H28N2O6/c1-4-27-17-9-7-6-8-16(17)22-13-15(12-18(22)23)20(25)21(10-11-26-3)14-19(24)28-5-2/h6-9,15H,4-5,10-14H2,1-3H3. The van der Waals surface area contributed by atoms with Crippen LogP contribution in [0.1, 0.15) is 20.3 Å². The Labute approximate surface area is 165 Å². The van der Waals surface area contributed by atoms with Crippen molar-refractivity contribution in [2.24, 2.45) is 5.92 Å². The Morgan fingerprint density at radius 1 is 1.21 bits per heavy atom. The lowest BCUT2D eigenvalue weighted by Gasteiger charge is -2.25. The van der Waals surface area contributed by atoms with Crippen LogP contribution in [0.4, 0.5) is 5.69 Å². The summed E-state index contributed by atoms with van der Waals surface area (Å²) in [4.78, 5) is 40.4. The minimum absolute atomic E-state index is 0.0889. The normalized spacial score (nSPS) is 16.2. The second-order valence-electron chi connectivity index (χ2n) is 6.36. The molecule has 1 aliphatic heterocycles. The van der Waals surface area contributed by atoms with Gasteiger partial charge in [-0.15, -0.1) is 0 Å². The number of anilines is 1. The molecule has 154 valence electrons. The number of carbonyl (C=O) groups excluding carboxylic acids is 3. The van der Waals surface area contributed by atoms with Crippen molar-refractivity contribution in [1.82, 2.24) is 4.90 Å². The summed E-state index contributed by atoms with van der Waals surface area (Å²) in [6.45, 7) is 4.95. The third kappa shape index (κ3) is 5.45. The molecule has 1 atom stereocenters. The van der Waals surface area contributed by atoms with E-state index in [9.17, 15) is 14.4 Å². The van der Waals surface area contributed by atoms with Crippen molar-refractivity contribution in [3.63, 3.8) is 0 Å². The third-order valence-electron chi connectivity index (χ3n) is 4.43. The molecule has 0 bridgehead atoms. The number of rotatable bonds is 10. The van der Waals surface area contributed by atoms with Gasteiger partial charge >= 0.3 is 5.97 Å². The molecule has 1 fully saturated rings. The molecule has 0 aromatic heterocycles. The molecule has 0 spiro atoms. The Bertz CT molecular complexity index is 693. The van der Waals surface area contributed by atoms with Gasteiger partial charge in [0.05, 0.1) is 31.4 Å². The van der Waals surface area contributed by atoms with Crippen LogP contribution in [0.3, 0.4) is 0 Å². The Hall–Kier alpha value is -2.61. The Morgan fingerprint density at radius 3 is 2.64 bits per heavy atom. The average Bonchev–Trinajstić information content (AvgIpc) is 3.07. The zero-order valence-electron chi connectivity index (χ0n) is 16.7. The highest BCUT2D eigenvalue weighted by molar-refractivity contribution is 6.01. The van der Waals surface area contributed by atoms with Crippen molar-refractivity contribution in [2.45, 2.75) is 20.3 Å². The summed E-state index contributed by atoms with van der Waals surface area (Å²) in [6, 6.07) is 7.26. The Balaban J connectivity index is 2.13. The van der Waals surface area contributed by atoms with E-state index in [1.807, 2.05) is 19.1 Å². The SMILES string of the molecule is CCOC(=O)CN(CCOC)C(=O)C1CC(=O)N(c2ccccc2OCC)C1. The Morgan fingerprint density at radius 2 is 1.96 bits per heavy atom. The number of methoxy groups -OCH3 is 1. The van der Waals surface area contributed by atoms with Crippen molar-refractivity contribution < 1.29 is 28.6 Å². The summed E-state index contributed by atoms with van der Waals surface area (Å²) >= 11 is 0. The van der Waals surface area contributed by atoms with E-state index in [-0.39, 0.29) is 44.5 Å². The molecule has 1 aliphatic rings. The van der Waals surface area contributed by atoms with Crippen LogP contribution in [0, 0.1) is 5.92 Å². The Kier molecular flexibility index (Phi) is 8.25. The summed E-state index contributed by atoms with van der Waals surface area (Å²) < 4.78 is 15.6. The van der Waals surface area contributed by atoms with Crippen molar-refractivity contribution in [2.75, 3.05) is 51.5 Å². The number of esters is 1. The molecule has 0 saturated carbocycles. The van der Waals surface area contributed by atoms with Gasteiger partial charge in [0.2, 0.25) is 11.8 Å². The minimum atomic E-state index is -0.534. The van der Waals surface area contributed by atoms with E-state index >= 15 is 0 Å². The lowest BCUT2D eigenvalue weighted by molar-refractivity contribution is -0.150. The van der Waals surface area contributed by atoms with E-state index in [4.69, 9.17) is 14.2 Å². The fourth-order valence-electron chi connectivity index (χ4n) is 3.15. The summed E-state index contributed by atoms with van der Waals surface area (Å²) in [5, 5.41) is 0. The maximum absolute atomic E-state index is 13.0. The fourth-order valence-corrected chi connectivity index (χ4v) is 3.15. The molecule has 0 radical (unpaired) electrons. The number of carbonyl (C=O) groups is 3. The van der Waals surface area contributed by atoms with E-state index in [1.54, 1.807) is 24.0 Å². The lowest BCUT2D eigenvalue weighted by Crippen LogP contribution is -2.42. The second kappa shape index (κ2) is 10.7. The van der Waals surface area contributed by atoms with Gasteiger partial charge in [0.25, 0.3) is 0 Å². The van der Waals surface area contributed by atoms with Crippen LogP contribution >= 0.6 is 0 Å². The molecule has 0 N–H and O–H groups in total. The van der Waals surface area contributed by atoms with Crippen LogP contribution in [-0.2, 0) is 23.9 Å². The van der Waals surface area contributed by atoms with Gasteiger partial charge < -0.3 is 24.0 Å². The van der Waals surface area contributed by atoms with Gasteiger partial charge in [-0.3, -0.25) is 14.4 Å². The molecule has 0 aliphatic carbocycles. The summed E-state index contributed by atoms with van der Waals surface area (Å²) in [7, 11) is 1.53. The number of amides is 2. The largest absolute Gasteiger partial charge is 0.492 e. The molecule has 1 aromatic rings. The molecule has 28 heavy (non-hydrogen) atoms. The zero-order chi connectivity index (χ0) is 20.5. The molecule has 8 nitrogen and oxygen atoms in total. The highest BCUT2D eigenvalue weighted by Gasteiger charge is 2.38. The number of nitrogens with zero attached hydrogens (tertiary/aromatic N) is 2. The summed E-state index contributed by atoms with van der Waals surface area (Å²) in [6.07, 6.45) is 0.0889. The maximum Gasteiger partial charge on any atom is 0.325 e. The molecule has 1 aromatic carbocycles. The summed E-state index contributed by atoms with van der Waals surface area (Å²) in [5.74, 6) is -0.805. The van der Waals surface area contributed by atoms with E-state index in [0.717, 1.165) is 0 Å². The molecule has 1 heterocycles. The highest BCUT2D eigenvalue weighted by atomic mass is 16.5. The van der Waals surface area contributed by atoms with Gasteiger partial charge in [0.15, 0.2) is 0 Å². The number of hydrogen-bond acceptors (Lipinski definition) is 6. The van der Waals surface area contributed by atoms with Gasteiger partial charge in [-0.2, -0.15) is 0 Å². The average molecular weight is 392 g/mol. The first kappa shape index (κ1) is 21.7. The van der Waals surface area contributed by atoms with Crippen molar-refractivity contribution in [3.05, 3.63) is 24.3 Å². The number of hydrogen-bond donors (Lipinski definition) is 0. The highest BCUT2D eigenvalue weighted by Crippen LogP contribution is 2.33. The predicted molar refractivity (Wildman–Crippen MR) is 103 cm³/mol. The van der Waals surface area contributed by atoms with Gasteiger partial charge in [0, 0.05) is 26.6 Å². The monoisotopic (exact) mass is 392 g/mol. The van der Waals surface area contributed by atoms with Crippen molar-refractivity contribution >= 4 is 23.5 Å². The number of para-hydroxylation sites is 2. The van der Waals surface area contributed by atoms with Crippen LogP contribution < -0.4 is 9.64 Å². The molecule has 1 saturated heterocycles. The first-order valence-corrected chi connectivity index (χ1v) is 9.47. The summed E-state index contributed by atoms with van der Waals surface area (Å²) in [5.41, 5.74) is 0.651. The van der Waals surface area contributed by atoms with E-state index in [2.05, 4.69) is 0 Å².